The summed E-state index contributed by atoms with van der Waals surface area (Å²) in [6.07, 6.45) is 0.997. The maximum absolute atomic E-state index is 13.7. The van der Waals surface area contributed by atoms with E-state index in [-0.39, 0.29) is 17.9 Å². The lowest BCUT2D eigenvalue weighted by atomic mass is 9.90. The molecular formula is C23H24ClN3O2. The molecule has 0 spiro atoms. The Morgan fingerprint density at radius 3 is 2.07 bits per heavy atom. The van der Waals surface area contributed by atoms with Crippen LogP contribution in [-0.2, 0) is 9.59 Å². The number of imide groups is 1. The second-order valence-electron chi connectivity index (χ2n) is 8.41. The number of carbonyl (C=O) groups excluding carboxylic acids is 2. The van der Waals surface area contributed by atoms with Crippen LogP contribution in [0.3, 0.4) is 0 Å². The number of carbonyl (C=O) groups is 2. The standard InChI is InChI=1S/C23H24ClN3O2/c1-13-11-14(2)19(15(3)12-13)27-22(28)18-20(16-5-7-17(24)8-6-16)25-9-4-10-26(25)21(18)23(27)29/h5-8,11-12,18,20-21H,4,9-10H2,1-3H3/t18-,20-,21-/m1/s1. The third-order valence-electron chi connectivity index (χ3n) is 6.48. The van der Waals surface area contributed by atoms with Gasteiger partial charge in [0.05, 0.1) is 17.6 Å². The molecule has 0 aromatic heterocycles. The number of fused-ring (bicyclic) bond motifs is 3. The molecule has 0 N–H and O–H groups in total. The van der Waals surface area contributed by atoms with Crippen molar-refractivity contribution in [3.8, 4) is 0 Å². The van der Waals surface area contributed by atoms with E-state index in [1.165, 1.54) is 4.90 Å². The number of hydrogen-bond donors (Lipinski definition) is 0. The Morgan fingerprint density at radius 1 is 0.862 bits per heavy atom. The first kappa shape index (κ1) is 18.8. The van der Waals surface area contributed by atoms with Gasteiger partial charge < -0.3 is 0 Å². The lowest BCUT2D eigenvalue weighted by Crippen LogP contribution is -2.44. The maximum atomic E-state index is 13.7. The number of benzene rings is 2. The Labute approximate surface area is 175 Å². The van der Waals surface area contributed by atoms with Gasteiger partial charge in [-0.15, -0.1) is 0 Å². The summed E-state index contributed by atoms with van der Waals surface area (Å²) in [7, 11) is 0. The summed E-state index contributed by atoms with van der Waals surface area (Å²) in [4.78, 5) is 28.7. The van der Waals surface area contributed by atoms with Crippen LogP contribution >= 0.6 is 11.6 Å². The van der Waals surface area contributed by atoms with Crippen molar-refractivity contribution >= 4 is 29.1 Å². The number of rotatable bonds is 2. The maximum Gasteiger partial charge on any atom is 0.253 e. The number of anilines is 1. The van der Waals surface area contributed by atoms with Gasteiger partial charge in [0.25, 0.3) is 5.91 Å². The first-order valence-corrected chi connectivity index (χ1v) is 10.5. The highest BCUT2D eigenvalue weighted by Gasteiger charge is 2.63. The molecule has 0 unspecified atom stereocenters. The van der Waals surface area contributed by atoms with Crippen molar-refractivity contribution in [3.05, 3.63) is 63.7 Å². The zero-order valence-corrected chi connectivity index (χ0v) is 17.6. The summed E-state index contributed by atoms with van der Waals surface area (Å²) in [5, 5.41) is 5.02. The minimum Gasteiger partial charge on any atom is -0.274 e. The van der Waals surface area contributed by atoms with Gasteiger partial charge in [0.2, 0.25) is 5.91 Å². The number of amides is 2. The number of aryl methyl sites for hydroxylation is 3. The zero-order valence-electron chi connectivity index (χ0n) is 16.9. The third kappa shape index (κ3) is 2.68. The molecule has 0 saturated carbocycles. The van der Waals surface area contributed by atoms with Gasteiger partial charge in [0, 0.05) is 18.1 Å². The van der Waals surface area contributed by atoms with Gasteiger partial charge in [-0.2, -0.15) is 0 Å². The topological polar surface area (TPSA) is 43.9 Å². The average Bonchev–Trinajstić information content (AvgIpc) is 3.30. The summed E-state index contributed by atoms with van der Waals surface area (Å²) in [6, 6.07) is 11.2. The summed E-state index contributed by atoms with van der Waals surface area (Å²) in [6.45, 7) is 7.66. The molecule has 3 aliphatic rings. The van der Waals surface area contributed by atoms with Crippen molar-refractivity contribution in [3.63, 3.8) is 0 Å². The van der Waals surface area contributed by atoms with Crippen LogP contribution in [0.1, 0.15) is 34.7 Å². The van der Waals surface area contributed by atoms with Gasteiger partial charge in [0.15, 0.2) is 0 Å². The van der Waals surface area contributed by atoms with Crippen molar-refractivity contribution in [2.24, 2.45) is 5.92 Å². The molecule has 2 aromatic rings. The van der Waals surface area contributed by atoms with E-state index in [4.69, 9.17) is 11.6 Å². The Morgan fingerprint density at radius 2 is 1.45 bits per heavy atom. The quantitative estimate of drug-likeness (QED) is 0.707. The average molecular weight is 410 g/mol. The van der Waals surface area contributed by atoms with Crippen molar-refractivity contribution in [1.82, 2.24) is 10.0 Å². The first-order valence-electron chi connectivity index (χ1n) is 10.1. The highest BCUT2D eigenvalue weighted by Crippen LogP contribution is 2.49. The van der Waals surface area contributed by atoms with E-state index in [0.717, 1.165) is 47.5 Å². The van der Waals surface area contributed by atoms with Crippen molar-refractivity contribution in [1.29, 1.82) is 0 Å². The van der Waals surface area contributed by atoms with E-state index in [0.29, 0.717) is 5.02 Å². The second kappa shape index (κ2) is 6.66. The van der Waals surface area contributed by atoms with Crippen LogP contribution in [0, 0.1) is 26.7 Å². The van der Waals surface area contributed by atoms with E-state index in [1.807, 2.05) is 57.2 Å². The number of halogens is 1. The molecular weight excluding hydrogens is 386 g/mol. The Balaban J connectivity index is 1.61. The van der Waals surface area contributed by atoms with Crippen LogP contribution in [-0.4, -0.2) is 41.0 Å². The van der Waals surface area contributed by atoms with E-state index in [2.05, 4.69) is 10.0 Å². The van der Waals surface area contributed by atoms with Crippen LogP contribution in [0.15, 0.2) is 36.4 Å². The molecule has 3 atom stereocenters. The molecule has 150 valence electrons. The van der Waals surface area contributed by atoms with Crippen LogP contribution in [0.25, 0.3) is 0 Å². The fourth-order valence-corrected chi connectivity index (χ4v) is 5.64. The number of hydrazine groups is 1. The molecule has 3 fully saturated rings. The van der Waals surface area contributed by atoms with Gasteiger partial charge >= 0.3 is 0 Å². The SMILES string of the molecule is Cc1cc(C)c(N2C(=O)[C@@H]3[C@@H](c4ccc(Cl)cc4)N4CCCN4[C@H]3C2=O)c(C)c1. The monoisotopic (exact) mass is 409 g/mol. The second-order valence-corrected chi connectivity index (χ2v) is 8.84. The lowest BCUT2D eigenvalue weighted by Gasteiger charge is -2.30. The lowest BCUT2D eigenvalue weighted by molar-refractivity contribution is -0.126. The minimum atomic E-state index is -0.425. The summed E-state index contributed by atoms with van der Waals surface area (Å²) < 4.78 is 0. The van der Waals surface area contributed by atoms with E-state index < -0.39 is 12.0 Å². The van der Waals surface area contributed by atoms with Gasteiger partial charge in [-0.1, -0.05) is 41.4 Å². The Hall–Kier alpha value is -2.21. The minimum absolute atomic E-state index is 0.0931. The molecule has 3 heterocycles. The fraction of sp³-hybridized carbons (Fsp3) is 0.391. The number of nitrogens with zero attached hydrogens (tertiary/aromatic N) is 3. The Bertz CT molecular complexity index is 996. The molecule has 0 bridgehead atoms. The fourth-order valence-electron chi connectivity index (χ4n) is 5.52. The van der Waals surface area contributed by atoms with Crippen molar-refractivity contribution in [2.45, 2.75) is 39.3 Å². The largest absolute Gasteiger partial charge is 0.274 e. The molecule has 3 saturated heterocycles. The van der Waals surface area contributed by atoms with Gasteiger partial charge in [-0.25, -0.2) is 14.9 Å². The van der Waals surface area contributed by atoms with Crippen LogP contribution in [0.5, 0.6) is 0 Å². The van der Waals surface area contributed by atoms with Crippen molar-refractivity contribution in [2.75, 3.05) is 18.0 Å². The molecule has 29 heavy (non-hydrogen) atoms. The predicted molar refractivity (Wildman–Crippen MR) is 113 cm³/mol. The molecule has 2 aromatic carbocycles. The zero-order chi connectivity index (χ0) is 20.4. The summed E-state index contributed by atoms with van der Waals surface area (Å²) in [5.41, 5.74) is 4.85. The van der Waals surface area contributed by atoms with Gasteiger partial charge in [-0.3, -0.25) is 9.59 Å². The summed E-state index contributed by atoms with van der Waals surface area (Å²) >= 11 is 6.09. The predicted octanol–water partition coefficient (Wildman–Crippen LogP) is 3.80. The van der Waals surface area contributed by atoms with Crippen LogP contribution in [0.2, 0.25) is 5.02 Å². The molecule has 2 amide bonds. The molecule has 0 radical (unpaired) electrons. The van der Waals surface area contributed by atoms with Gasteiger partial charge in [-0.05, 0) is 56.0 Å². The highest BCUT2D eigenvalue weighted by atomic mass is 35.5. The summed E-state index contributed by atoms with van der Waals surface area (Å²) in [5.74, 6) is -0.591. The molecule has 3 aliphatic heterocycles. The molecule has 0 aliphatic carbocycles. The molecule has 5 rings (SSSR count). The van der Waals surface area contributed by atoms with Gasteiger partial charge in [0.1, 0.15) is 6.04 Å². The van der Waals surface area contributed by atoms with Crippen LogP contribution < -0.4 is 4.90 Å². The van der Waals surface area contributed by atoms with Crippen molar-refractivity contribution < 1.29 is 9.59 Å². The first-order chi connectivity index (χ1) is 13.9. The molecule has 5 nitrogen and oxygen atoms in total. The molecule has 6 heteroatoms. The van der Waals surface area contributed by atoms with E-state index in [9.17, 15) is 9.59 Å². The normalized spacial score (nSPS) is 27.0. The van der Waals surface area contributed by atoms with E-state index in [1.54, 1.807) is 0 Å². The number of hydrogen-bond acceptors (Lipinski definition) is 4. The highest BCUT2D eigenvalue weighted by molar-refractivity contribution is 6.30. The Kier molecular flexibility index (Phi) is 4.32. The smallest absolute Gasteiger partial charge is 0.253 e. The third-order valence-corrected chi connectivity index (χ3v) is 6.73. The van der Waals surface area contributed by atoms with Crippen LogP contribution in [0.4, 0.5) is 5.69 Å². The van der Waals surface area contributed by atoms with E-state index >= 15 is 0 Å².